The second-order valence-corrected chi connectivity index (χ2v) is 9.92. The maximum atomic E-state index is 12.8. The third-order valence-corrected chi connectivity index (χ3v) is 7.70. The average Bonchev–Trinajstić information content (AvgIpc) is 2.87. The molecule has 34 heavy (non-hydrogen) atoms. The molecule has 1 aromatic heterocycles. The number of aromatic nitrogens is 1. The van der Waals surface area contributed by atoms with Crippen LogP contribution in [0.25, 0.3) is 10.9 Å². The smallest absolute Gasteiger partial charge is 0.306 e. The van der Waals surface area contributed by atoms with Crippen LogP contribution in [0.5, 0.6) is 0 Å². The molecule has 0 saturated heterocycles. The lowest BCUT2D eigenvalue weighted by molar-refractivity contribution is -0.140. The molecule has 9 heteroatoms. The number of benzene rings is 2. The second kappa shape index (κ2) is 13.0. The normalized spacial score (nSPS) is 10.8. The molecule has 0 spiro atoms. The van der Waals surface area contributed by atoms with Crippen LogP contribution in [0.15, 0.2) is 60.7 Å². The quantitative estimate of drug-likeness (QED) is 0.289. The van der Waals surface area contributed by atoms with Crippen molar-refractivity contribution >= 4 is 58.0 Å². The Bertz CT molecular complexity index is 1130. The van der Waals surface area contributed by atoms with Gasteiger partial charge in [-0.2, -0.15) is 0 Å². The molecule has 0 aliphatic heterocycles. The van der Waals surface area contributed by atoms with Crippen LogP contribution < -0.4 is 5.32 Å². The van der Waals surface area contributed by atoms with Gasteiger partial charge < -0.3 is 14.8 Å². The zero-order valence-corrected chi connectivity index (χ0v) is 20.6. The summed E-state index contributed by atoms with van der Waals surface area (Å²) in [6.07, 6.45) is 0.582. The van der Waals surface area contributed by atoms with E-state index in [1.54, 1.807) is 29.6 Å². The van der Waals surface area contributed by atoms with Crippen molar-refractivity contribution in [1.82, 2.24) is 4.98 Å². The van der Waals surface area contributed by atoms with E-state index in [1.165, 1.54) is 14.2 Å². The summed E-state index contributed by atoms with van der Waals surface area (Å²) in [6.45, 7) is 0. The van der Waals surface area contributed by atoms with Crippen molar-refractivity contribution in [2.24, 2.45) is 0 Å². The van der Waals surface area contributed by atoms with E-state index >= 15 is 0 Å². The van der Waals surface area contributed by atoms with Gasteiger partial charge in [0.1, 0.15) is 5.69 Å². The molecule has 0 unspecified atom stereocenters. The van der Waals surface area contributed by atoms with E-state index in [1.807, 2.05) is 54.6 Å². The Morgan fingerprint density at radius 2 is 1.56 bits per heavy atom. The standard InChI is InChI=1S/C25H26N2O5S2/c1-31-22(28)12-14-33-25(34-15-13-23(29)32-2)18-7-5-8-19(16-18)26-24(30)21-11-10-17-6-3-4-9-20(17)27-21/h3-11,16,25H,12-15H2,1-2H3,(H,26,30). The molecule has 0 saturated carbocycles. The predicted octanol–water partition coefficient (Wildman–Crippen LogP) is 5.08. The van der Waals surface area contributed by atoms with Gasteiger partial charge in [0.05, 0.1) is 37.2 Å². The first-order valence-corrected chi connectivity index (χ1v) is 12.7. The fourth-order valence-electron chi connectivity index (χ4n) is 3.09. The molecule has 178 valence electrons. The SMILES string of the molecule is COC(=O)CCSC(SCCC(=O)OC)c1cccc(NC(=O)c2ccc3ccccc3n2)c1. The Labute approximate surface area is 207 Å². The van der Waals surface area contributed by atoms with Crippen molar-refractivity contribution in [3.8, 4) is 0 Å². The summed E-state index contributed by atoms with van der Waals surface area (Å²) in [4.78, 5) is 40.3. The third-order valence-electron chi connectivity index (χ3n) is 4.85. The largest absolute Gasteiger partial charge is 0.469 e. The van der Waals surface area contributed by atoms with Crippen LogP contribution in [0, 0.1) is 0 Å². The minimum atomic E-state index is -0.295. The van der Waals surface area contributed by atoms with Crippen molar-refractivity contribution in [3.63, 3.8) is 0 Å². The van der Waals surface area contributed by atoms with Crippen LogP contribution in [0.3, 0.4) is 0 Å². The van der Waals surface area contributed by atoms with Gasteiger partial charge in [0.2, 0.25) is 0 Å². The summed E-state index contributed by atoms with van der Waals surface area (Å²) in [5.41, 5.74) is 2.70. The molecule has 0 fully saturated rings. The van der Waals surface area contributed by atoms with E-state index in [9.17, 15) is 14.4 Å². The highest BCUT2D eigenvalue weighted by Gasteiger charge is 2.16. The Kier molecular flexibility index (Phi) is 9.78. The molecule has 3 aromatic rings. The molecule has 2 aromatic carbocycles. The maximum Gasteiger partial charge on any atom is 0.306 e. The van der Waals surface area contributed by atoms with E-state index < -0.39 is 0 Å². The number of methoxy groups -OCH3 is 2. The highest BCUT2D eigenvalue weighted by atomic mass is 32.2. The van der Waals surface area contributed by atoms with Crippen LogP contribution in [-0.4, -0.2) is 48.6 Å². The summed E-state index contributed by atoms with van der Waals surface area (Å²) >= 11 is 3.18. The molecule has 0 aliphatic carbocycles. The lowest BCUT2D eigenvalue weighted by Gasteiger charge is -2.17. The van der Waals surface area contributed by atoms with Gasteiger partial charge in [0, 0.05) is 22.6 Å². The molecule has 7 nitrogen and oxygen atoms in total. The maximum absolute atomic E-state index is 12.8. The summed E-state index contributed by atoms with van der Waals surface area (Å²) in [6, 6.07) is 18.8. The third kappa shape index (κ3) is 7.50. The number of esters is 2. The second-order valence-electron chi connectivity index (χ2n) is 7.19. The number of amides is 1. The van der Waals surface area contributed by atoms with E-state index in [-0.39, 0.29) is 22.4 Å². The van der Waals surface area contributed by atoms with Crippen LogP contribution >= 0.6 is 23.5 Å². The van der Waals surface area contributed by atoms with Gasteiger partial charge in [0.25, 0.3) is 5.91 Å². The van der Waals surface area contributed by atoms with Crippen LogP contribution in [0.2, 0.25) is 0 Å². The Balaban J connectivity index is 1.71. The molecule has 0 bridgehead atoms. The zero-order valence-electron chi connectivity index (χ0n) is 19.0. The first-order chi connectivity index (χ1) is 16.5. The number of carbonyl (C=O) groups is 3. The number of carbonyl (C=O) groups excluding carboxylic acids is 3. The molecule has 1 heterocycles. The molecular weight excluding hydrogens is 472 g/mol. The number of fused-ring (bicyclic) bond motifs is 1. The number of nitrogens with zero attached hydrogens (tertiary/aromatic N) is 1. The van der Waals surface area contributed by atoms with Gasteiger partial charge in [0.15, 0.2) is 0 Å². The van der Waals surface area contributed by atoms with Gasteiger partial charge in [-0.3, -0.25) is 14.4 Å². The van der Waals surface area contributed by atoms with Gasteiger partial charge >= 0.3 is 11.9 Å². The van der Waals surface area contributed by atoms with Crippen molar-refractivity contribution in [3.05, 3.63) is 71.9 Å². The number of nitrogens with one attached hydrogen (secondary N) is 1. The molecule has 0 aliphatic rings. The minimum absolute atomic E-state index is 0.0371. The molecule has 0 atom stereocenters. The van der Waals surface area contributed by atoms with E-state index in [4.69, 9.17) is 9.47 Å². The first kappa shape index (κ1) is 25.6. The molecule has 0 radical (unpaired) electrons. The van der Waals surface area contributed by atoms with Crippen LogP contribution in [0.4, 0.5) is 5.69 Å². The minimum Gasteiger partial charge on any atom is -0.469 e. The predicted molar refractivity (Wildman–Crippen MR) is 137 cm³/mol. The van der Waals surface area contributed by atoms with E-state index in [2.05, 4.69) is 10.3 Å². The Morgan fingerprint density at radius 1 is 0.882 bits per heavy atom. The average molecular weight is 499 g/mol. The lowest BCUT2D eigenvalue weighted by Crippen LogP contribution is -2.13. The van der Waals surface area contributed by atoms with Gasteiger partial charge in [-0.15, -0.1) is 23.5 Å². The molecular formula is C25H26N2O5S2. The van der Waals surface area contributed by atoms with Crippen molar-refractivity contribution in [2.75, 3.05) is 31.0 Å². The summed E-state index contributed by atoms with van der Waals surface area (Å²) < 4.78 is 9.41. The van der Waals surface area contributed by atoms with Crippen LogP contribution in [-0.2, 0) is 19.1 Å². The summed E-state index contributed by atoms with van der Waals surface area (Å²) in [5.74, 6) is 0.306. The van der Waals surface area contributed by atoms with Gasteiger partial charge in [-0.1, -0.05) is 36.4 Å². The fourth-order valence-corrected chi connectivity index (χ4v) is 5.73. The highest BCUT2D eigenvalue weighted by molar-refractivity contribution is 8.16. The number of ether oxygens (including phenoxy) is 2. The number of pyridine rings is 1. The van der Waals surface area contributed by atoms with Crippen molar-refractivity contribution < 1.29 is 23.9 Å². The molecule has 1 amide bonds. The molecule has 1 N–H and O–H groups in total. The van der Waals surface area contributed by atoms with Crippen molar-refractivity contribution in [2.45, 2.75) is 17.4 Å². The Hall–Kier alpha value is -3.04. The Morgan fingerprint density at radius 3 is 2.24 bits per heavy atom. The number of anilines is 1. The topological polar surface area (TPSA) is 94.6 Å². The van der Waals surface area contributed by atoms with Crippen LogP contribution in [0.1, 0.15) is 33.5 Å². The summed E-state index contributed by atoms with van der Waals surface area (Å²) in [7, 11) is 2.73. The highest BCUT2D eigenvalue weighted by Crippen LogP contribution is 2.41. The fraction of sp³-hybridized carbons (Fsp3) is 0.280. The van der Waals surface area contributed by atoms with Gasteiger partial charge in [-0.25, -0.2) is 4.98 Å². The van der Waals surface area contributed by atoms with Crippen molar-refractivity contribution in [1.29, 1.82) is 0 Å². The van der Waals surface area contributed by atoms with E-state index in [0.717, 1.165) is 16.5 Å². The number of para-hydroxylation sites is 1. The number of hydrogen-bond acceptors (Lipinski definition) is 8. The number of thioether (sulfide) groups is 2. The number of hydrogen-bond donors (Lipinski definition) is 1. The van der Waals surface area contributed by atoms with Gasteiger partial charge in [-0.05, 0) is 29.8 Å². The number of rotatable bonds is 11. The summed E-state index contributed by atoms with van der Waals surface area (Å²) in [5, 5.41) is 3.89. The monoisotopic (exact) mass is 498 g/mol. The van der Waals surface area contributed by atoms with E-state index in [0.29, 0.717) is 35.7 Å². The zero-order chi connectivity index (χ0) is 24.3. The molecule has 3 rings (SSSR count). The lowest BCUT2D eigenvalue weighted by atomic mass is 10.2. The first-order valence-electron chi connectivity index (χ1n) is 10.6.